The average molecular weight is 242 g/mol. The molecule has 3 heteroatoms. The Balaban J connectivity index is 1.64. The Morgan fingerprint density at radius 3 is 2.69 bits per heavy atom. The van der Waals surface area contributed by atoms with E-state index in [0.29, 0.717) is 0 Å². The first-order valence-electron chi connectivity index (χ1n) is 6.81. The molecule has 0 aromatic rings. The highest BCUT2D eigenvalue weighted by molar-refractivity contribution is 7.99. The molecule has 2 unspecified atom stereocenters. The first kappa shape index (κ1) is 12.7. The maximum atomic E-state index is 3.73. The number of nitrogens with zero attached hydrogens (tertiary/aromatic N) is 1. The molecular weight excluding hydrogens is 216 g/mol. The third-order valence-corrected chi connectivity index (χ3v) is 5.24. The summed E-state index contributed by atoms with van der Waals surface area (Å²) in [4.78, 5) is 2.66. The summed E-state index contributed by atoms with van der Waals surface area (Å²) in [5.41, 5.74) is 0. The Bertz CT molecular complexity index is 196. The van der Waals surface area contributed by atoms with Gasteiger partial charge in [0.25, 0.3) is 0 Å². The zero-order valence-electron chi connectivity index (χ0n) is 10.7. The van der Waals surface area contributed by atoms with Gasteiger partial charge in [0.2, 0.25) is 0 Å². The lowest BCUT2D eigenvalue weighted by Crippen LogP contribution is -2.46. The maximum Gasteiger partial charge on any atom is 0.0192 e. The van der Waals surface area contributed by atoms with E-state index in [1.807, 2.05) is 0 Å². The van der Waals surface area contributed by atoms with Gasteiger partial charge in [0, 0.05) is 24.4 Å². The smallest absolute Gasteiger partial charge is 0.0192 e. The van der Waals surface area contributed by atoms with Crippen molar-refractivity contribution < 1.29 is 0 Å². The molecule has 0 spiro atoms. The molecule has 2 atom stereocenters. The molecule has 0 aliphatic carbocycles. The van der Waals surface area contributed by atoms with Crippen molar-refractivity contribution in [1.29, 1.82) is 0 Å². The summed E-state index contributed by atoms with van der Waals surface area (Å²) in [5.74, 6) is 3.62. The van der Waals surface area contributed by atoms with Gasteiger partial charge in [0.05, 0.1) is 0 Å². The largest absolute Gasteiger partial charge is 0.312 e. The summed E-state index contributed by atoms with van der Waals surface area (Å²) in [7, 11) is 0. The van der Waals surface area contributed by atoms with Gasteiger partial charge in [-0.25, -0.2) is 0 Å². The summed E-state index contributed by atoms with van der Waals surface area (Å²) in [6.07, 6.45) is 4.15. The molecule has 0 aromatic heterocycles. The van der Waals surface area contributed by atoms with Crippen molar-refractivity contribution in [2.24, 2.45) is 5.92 Å². The fourth-order valence-corrected chi connectivity index (χ4v) is 3.82. The third kappa shape index (κ3) is 3.64. The van der Waals surface area contributed by atoms with Gasteiger partial charge in [-0.3, -0.25) is 4.90 Å². The molecule has 0 radical (unpaired) electrons. The summed E-state index contributed by atoms with van der Waals surface area (Å²) >= 11 is 2.09. The second-order valence-corrected chi connectivity index (χ2v) is 6.69. The van der Waals surface area contributed by atoms with Crippen LogP contribution in [0.2, 0.25) is 0 Å². The van der Waals surface area contributed by atoms with Crippen LogP contribution >= 0.6 is 11.8 Å². The van der Waals surface area contributed by atoms with Crippen molar-refractivity contribution in [2.45, 2.75) is 45.2 Å². The van der Waals surface area contributed by atoms with Crippen LogP contribution in [-0.2, 0) is 0 Å². The Morgan fingerprint density at radius 2 is 2.06 bits per heavy atom. The van der Waals surface area contributed by atoms with Crippen molar-refractivity contribution in [3.63, 3.8) is 0 Å². The van der Waals surface area contributed by atoms with Crippen molar-refractivity contribution in [3.8, 4) is 0 Å². The minimum atomic E-state index is 0.720. The van der Waals surface area contributed by atoms with E-state index < -0.39 is 0 Å². The van der Waals surface area contributed by atoms with E-state index in [1.165, 1.54) is 50.4 Å². The molecule has 2 saturated heterocycles. The molecule has 16 heavy (non-hydrogen) atoms. The van der Waals surface area contributed by atoms with E-state index in [2.05, 4.69) is 35.8 Å². The van der Waals surface area contributed by atoms with Crippen LogP contribution in [0.4, 0.5) is 0 Å². The zero-order valence-corrected chi connectivity index (χ0v) is 11.6. The van der Waals surface area contributed by atoms with E-state index in [-0.39, 0.29) is 0 Å². The Hall–Kier alpha value is 0.270. The molecule has 0 amide bonds. The average Bonchev–Trinajstić information content (AvgIpc) is 2.80. The van der Waals surface area contributed by atoms with Crippen LogP contribution in [0, 0.1) is 5.92 Å². The monoisotopic (exact) mass is 242 g/mol. The van der Waals surface area contributed by atoms with Crippen LogP contribution in [0.5, 0.6) is 0 Å². The van der Waals surface area contributed by atoms with E-state index in [1.54, 1.807) is 0 Å². The Kier molecular flexibility index (Phi) is 4.98. The second kappa shape index (κ2) is 6.27. The molecular formula is C13H26N2S. The number of hydrogen-bond acceptors (Lipinski definition) is 3. The highest BCUT2D eigenvalue weighted by Crippen LogP contribution is 2.19. The minimum Gasteiger partial charge on any atom is -0.312 e. The summed E-state index contributed by atoms with van der Waals surface area (Å²) in [5, 5.41) is 3.73. The fraction of sp³-hybridized carbons (Fsp3) is 1.00. The first-order valence-corrected chi connectivity index (χ1v) is 7.96. The summed E-state index contributed by atoms with van der Waals surface area (Å²) in [6.45, 7) is 8.56. The van der Waals surface area contributed by atoms with Crippen LogP contribution in [0.25, 0.3) is 0 Å². The van der Waals surface area contributed by atoms with E-state index >= 15 is 0 Å². The molecule has 1 N–H and O–H groups in total. The molecule has 2 aliphatic rings. The van der Waals surface area contributed by atoms with E-state index in [0.717, 1.165) is 18.0 Å². The van der Waals surface area contributed by atoms with E-state index in [4.69, 9.17) is 0 Å². The molecule has 0 saturated carbocycles. The minimum absolute atomic E-state index is 0.720. The van der Waals surface area contributed by atoms with Crippen LogP contribution in [0.1, 0.15) is 33.1 Å². The molecule has 2 heterocycles. The number of thioether (sulfide) groups is 1. The SMILES string of the molecule is CC1CCN(C(C)CNC2CCSC2)CC1. The Morgan fingerprint density at radius 1 is 1.31 bits per heavy atom. The molecule has 2 aliphatic heterocycles. The third-order valence-electron chi connectivity index (χ3n) is 4.07. The van der Waals surface area contributed by atoms with Crippen molar-refractivity contribution in [1.82, 2.24) is 10.2 Å². The Labute approximate surface area is 105 Å². The predicted molar refractivity (Wildman–Crippen MR) is 73.2 cm³/mol. The molecule has 2 fully saturated rings. The highest BCUT2D eigenvalue weighted by atomic mass is 32.2. The fourth-order valence-electron chi connectivity index (χ4n) is 2.63. The number of piperidine rings is 1. The number of nitrogens with one attached hydrogen (secondary N) is 1. The lowest BCUT2D eigenvalue weighted by atomic mass is 9.98. The summed E-state index contributed by atoms with van der Waals surface area (Å²) in [6, 6.07) is 1.51. The van der Waals surface area contributed by atoms with Crippen molar-refractivity contribution >= 4 is 11.8 Å². The van der Waals surface area contributed by atoms with E-state index in [9.17, 15) is 0 Å². The number of hydrogen-bond donors (Lipinski definition) is 1. The predicted octanol–water partition coefficient (Wildman–Crippen LogP) is 2.20. The zero-order chi connectivity index (χ0) is 11.4. The van der Waals surface area contributed by atoms with Gasteiger partial charge in [0.15, 0.2) is 0 Å². The van der Waals surface area contributed by atoms with Gasteiger partial charge in [-0.1, -0.05) is 6.92 Å². The topological polar surface area (TPSA) is 15.3 Å². The lowest BCUT2D eigenvalue weighted by molar-refractivity contribution is 0.143. The van der Waals surface area contributed by atoms with Crippen LogP contribution in [0.15, 0.2) is 0 Å². The van der Waals surface area contributed by atoms with Crippen LogP contribution < -0.4 is 5.32 Å². The van der Waals surface area contributed by atoms with Crippen molar-refractivity contribution in [2.75, 3.05) is 31.1 Å². The molecule has 0 bridgehead atoms. The van der Waals surface area contributed by atoms with Gasteiger partial charge in [0.1, 0.15) is 0 Å². The normalized spacial score (nSPS) is 30.8. The highest BCUT2D eigenvalue weighted by Gasteiger charge is 2.21. The van der Waals surface area contributed by atoms with Gasteiger partial charge in [-0.05, 0) is 50.9 Å². The molecule has 2 rings (SSSR count). The van der Waals surface area contributed by atoms with Gasteiger partial charge >= 0.3 is 0 Å². The number of rotatable bonds is 4. The number of likely N-dealkylation sites (tertiary alicyclic amines) is 1. The molecule has 2 nitrogen and oxygen atoms in total. The van der Waals surface area contributed by atoms with Crippen molar-refractivity contribution in [3.05, 3.63) is 0 Å². The maximum absolute atomic E-state index is 3.73. The van der Waals surface area contributed by atoms with Crippen LogP contribution in [0.3, 0.4) is 0 Å². The van der Waals surface area contributed by atoms with Gasteiger partial charge < -0.3 is 5.32 Å². The second-order valence-electron chi connectivity index (χ2n) is 5.54. The van der Waals surface area contributed by atoms with Gasteiger partial charge in [-0.15, -0.1) is 0 Å². The standard InChI is InChI=1S/C13H26N2S/c1-11-3-6-15(7-4-11)12(2)9-14-13-5-8-16-10-13/h11-14H,3-10H2,1-2H3. The first-order chi connectivity index (χ1) is 7.75. The van der Waals surface area contributed by atoms with Gasteiger partial charge in [-0.2, -0.15) is 11.8 Å². The van der Waals surface area contributed by atoms with Crippen LogP contribution in [-0.4, -0.2) is 48.1 Å². The summed E-state index contributed by atoms with van der Waals surface area (Å²) < 4.78 is 0. The molecule has 94 valence electrons. The quantitative estimate of drug-likeness (QED) is 0.814. The lowest BCUT2D eigenvalue weighted by Gasteiger charge is -2.35. The molecule has 0 aromatic carbocycles.